The standard InChI is InChI=1S/C16H15FN2O/c1-10-4-3-5-14-18-15(16(11(2)20)19(10)14)12-6-8-13(17)9-7-12/h3-9,11,20H,1-2H3. The largest absolute Gasteiger partial charge is 0.387 e. The molecule has 0 spiro atoms. The Morgan fingerprint density at radius 2 is 1.85 bits per heavy atom. The number of pyridine rings is 1. The van der Waals surface area contributed by atoms with E-state index in [4.69, 9.17) is 0 Å². The van der Waals surface area contributed by atoms with Crippen molar-refractivity contribution in [3.8, 4) is 11.3 Å². The summed E-state index contributed by atoms with van der Waals surface area (Å²) in [5.41, 5.74) is 3.99. The van der Waals surface area contributed by atoms with Gasteiger partial charge in [-0.05, 0) is 50.2 Å². The molecule has 0 amide bonds. The zero-order valence-corrected chi connectivity index (χ0v) is 11.3. The van der Waals surface area contributed by atoms with Crippen molar-refractivity contribution in [1.82, 2.24) is 9.38 Å². The van der Waals surface area contributed by atoms with Gasteiger partial charge in [0.1, 0.15) is 11.5 Å². The third kappa shape index (κ3) is 1.98. The number of benzene rings is 1. The lowest BCUT2D eigenvalue weighted by molar-refractivity contribution is 0.194. The number of hydrogen-bond donors (Lipinski definition) is 1. The second kappa shape index (κ2) is 4.72. The Hall–Kier alpha value is -2.20. The minimum absolute atomic E-state index is 0.285. The van der Waals surface area contributed by atoms with Crippen LogP contribution < -0.4 is 0 Å². The number of imidazole rings is 1. The normalized spacial score (nSPS) is 12.8. The summed E-state index contributed by atoms with van der Waals surface area (Å²) in [5, 5.41) is 10.1. The van der Waals surface area contributed by atoms with Crippen LogP contribution in [0.15, 0.2) is 42.5 Å². The number of aromatic nitrogens is 2. The molecule has 2 heterocycles. The molecule has 1 aromatic carbocycles. The lowest BCUT2D eigenvalue weighted by Crippen LogP contribution is -2.02. The molecule has 1 unspecified atom stereocenters. The maximum absolute atomic E-state index is 13.1. The van der Waals surface area contributed by atoms with Crippen LogP contribution in [0.25, 0.3) is 16.9 Å². The van der Waals surface area contributed by atoms with Crippen LogP contribution in [0.2, 0.25) is 0 Å². The van der Waals surface area contributed by atoms with Crippen LogP contribution in [-0.4, -0.2) is 14.5 Å². The van der Waals surface area contributed by atoms with E-state index in [0.29, 0.717) is 5.69 Å². The molecule has 102 valence electrons. The number of halogens is 1. The van der Waals surface area contributed by atoms with Gasteiger partial charge in [0, 0.05) is 11.3 Å². The van der Waals surface area contributed by atoms with Crippen LogP contribution in [0, 0.1) is 12.7 Å². The molecule has 0 bridgehead atoms. The molecule has 0 fully saturated rings. The Morgan fingerprint density at radius 3 is 2.50 bits per heavy atom. The number of aliphatic hydroxyl groups is 1. The highest BCUT2D eigenvalue weighted by molar-refractivity contribution is 5.67. The van der Waals surface area contributed by atoms with Gasteiger partial charge in [0.2, 0.25) is 0 Å². The monoisotopic (exact) mass is 270 g/mol. The minimum Gasteiger partial charge on any atom is -0.387 e. The smallest absolute Gasteiger partial charge is 0.137 e. The van der Waals surface area contributed by atoms with Crippen LogP contribution >= 0.6 is 0 Å². The molecular weight excluding hydrogens is 255 g/mol. The fourth-order valence-corrected chi connectivity index (χ4v) is 2.49. The number of nitrogens with zero attached hydrogens (tertiary/aromatic N) is 2. The molecule has 0 aliphatic rings. The molecule has 3 aromatic rings. The fourth-order valence-electron chi connectivity index (χ4n) is 2.49. The molecule has 20 heavy (non-hydrogen) atoms. The van der Waals surface area contributed by atoms with E-state index in [2.05, 4.69) is 4.98 Å². The summed E-state index contributed by atoms with van der Waals surface area (Å²) in [5.74, 6) is -0.285. The predicted octanol–water partition coefficient (Wildman–Crippen LogP) is 3.50. The first kappa shape index (κ1) is 12.8. The van der Waals surface area contributed by atoms with Crippen molar-refractivity contribution in [2.24, 2.45) is 0 Å². The molecule has 3 rings (SSSR count). The van der Waals surface area contributed by atoms with Gasteiger partial charge in [-0.2, -0.15) is 0 Å². The predicted molar refractivity (Wildman–Crippen MR) is 76.0 cm³/mol. The first-order valence-electron chi connectivity index (χ1n) is 6.50. The van der Waals surface area contributed by atoms with Crippen molar-refractivity contribution in [1.29, 1.82) is 0 Å². The average Bonchev–Trinajstić information content (AvgIpc) is 2.80. The summed E-state index contributed by atoms with van der Waals surface area (Å²) in [6.45, 7) is 3.68. The molecule has 0 radical (unpaired) electrons. The lowest BCUT2D eigenvalue weighted by atomic mass is 10.1. The van der Waals surface area contributed by atoms with Gasteiger partial charge in [0.25, 0.3) is 0 Å². The highest BCUT2D eigenvalue weighted by atomic mass is 19.1. The zero-order valence-electron chi connectivity index (χ0n) is 11.3. The third-order valence-corrected chi connectivity index (χ3v) is 3.39. The maximum atomic E-state index is 13.1. The molecule has 0 aliphatic heterocycles. The second-order valence-corrected chi connectivity index (χ2v) is 4.89. The van der Waals surface area contributed by atoms with Crippen LogP contribution in [0.3, 0.4) is 0 Å². The second-order valence-electron chi connectivity index (χ2n) is 4.89. The van der Waals surface area contributed by atoms with E-state index in [-0.39, 0.29) is 5.82 Å². The Kier molecular flexibility index (Phi) is 3.03. The summed E-state index contributed by atoms with van der Waals surface area (Å²) in [6, 6.07) is 11.9. The highest BCUT2D eigenvalue weighted by Crippen LogP contribution is 2.29. The molecule has 1 N–H and O–H groups in total. The average molecular weight is 270 g/mol. The van der Waals surface area contributed by atoms with E-state index in [1.54, 1.807) is 19.1 Å². The van der Waals surface area contributed by atoms with Crippen molar-refractivity contribution in [3.05, 3.63) is 59.7 Å². The first-order chi connectivity index (χ1) is 9.58. The molecule has 1 atom stereocenters. The Labute approximate surface area is 116 Å². The van der Waals surface area contributed by atoms with Gasteiger partial charge < -0.3 is 5.11 Å². The van der Waals surface area contributed by atoms with E-state index in [9.17, 15) is 9.50 Å². The van der Waals surface area contributed by atoms with Gasteiger partial charge in [0.15, 0.2) is 0 Å². The summed E-state index contributed by atoms with van der Waals surface area (Å²) >= 11 is 0. The van der Waals surface area contributed by atoms with Crippen LogP contribution in [0.1, 0.15) is 24.4 Å². The van der Waals surface area contributed by atoms with E-state index in [1.165, 1.54) is 12.1 Å². The maximum Gasteiger partial charge on any atom is 0.137 e. The molecule has 3 nitrogen and oxygen atoms in total. The van der Waals surface area contributed by atoms with Crippen LogP contribution in [0.5, 0.6) is 0 Å². The van der Waals surface area contributed by atoms with Crippen molar-refractivity contribution in [2.75, 3.05) is 0 Å². The Bertz CT molecular complexity index is 760. The minimum atomic E-state index is -0.661. The van der Waals surface area contributed by atoms with Crippen molar-refractivity contribution in [2.45, 2.75) is 20.0 Å². The van der Waals surface area contributed by atoms with Gasteiger partial charge in [-0.15, -0.1) is 0 Å². The lowest BCUT2D eigenvalue weighted by Gasteiger charge is -2.10. The van der Waals surface area contributed by atoms with Gasteiger partial charge in [0.05, 0.1) is 17.5 Å². The van der Waals surface area contributed by atoms with Crippen LogP contribution in [-0.2, 0) is 0 Å². The summed E-state index contributed by atoms with van der Waals surface area (Å²) < 4.78 is 15.0. The number of aryl methyl sites for hydroxylation is 1. The molecule has 4 heteroatoms. The SMILES string of the molecule is Cc1cccc2nc(-c3ccc(F)cc3)c(C(C)O)n12. The van der Waals surface area contributed by atoms with Gasteiger partial charge in [-0.25, -0.2) is 9.37 Å². The zero-order chi connectivity index (χ0) is 14.3. The first-order valence-corrected chi connectivity index (χ1v) is 6.50. The van der Waals surface area contributed by atoms with Gasteiger partial charge >= 0.3 is 0 Å². The van der Waals surface area contributed by atoms with Crippen molar-refractivity contribution >= 4 is 5.65 Å². The molecule has 0 saturated heterocycles. The van der Waals surface area contributed by atoms with E-state index in [1.807, 2.05) is 29.5 Å². The molecule has 2 aromatic heterocycles. The van der Waals surface area contributed by atoms with Crippen molar-refractivity contribution < 1.29 is 9.50 Å². The number of hydrogen-bond acceptors (Lipinski definition) is 2. The highest BCUT2D eigenvalue weighted by Gasteiger charge is 2.18. The van der Waals surface area contributed by atoms with Gasteiger partial charge in [-0.1, -0.05) is 6.07 Å². The molecule has 0 aliphatic carbocycles. The number of aliphatic hydroxyl groups excluding tert-OH is 1. The topological polar surface area (TPSA) is 37.5 Å². The Balaban J connectivity index is 2.32. The molecule has 0 saturated carbocycles. The van der Waals surface area contributed by atoms with Crippen LogP contribution in [0.4, 0.5) is 4.39 Å². The van der Waals surface area contributed by atoms with E-state index in [0.717, 1.165) is 22.6 Å². The summed E-state index contributed by atoms with van der Waals surface area (Å²) in [7, 11) is 0. The fraction of sp³-hybridized carbons (Fsp3) is 0.188. The van der Waals surface area contributed by atoms with Crippen molar-refractivity contribution in [3.63, 3.8) is 0 Å². The number of fused-ring (bicyclic) bond motifs is 1. The van der Waals surface area contributed by atoms with Gasteiger partial charge in [-0.3, -0.25) is 4.40 Å². The van der Waals surface area contributed by atoms with E-state index < -0.39 is 6.10 Å². The Morgan fingerprint density at radius 1 is 1.15 bits per heavy atom. The summed E-state index contributed by atoms with van der Waals surface area (Å²) in [6.07, 6.45) is -0.661. The summed E-state index contributed by atoms with van der Waals surface area (Å²) in [4.78, 5) is 4.58. The third-order valence-electron chi connectivity index (χ3n) is 3.39. The quantitative estimate of drug-likeness (QED) is 0.774. The molecular formula is C16H15FN2O. The number of rotatable bonds is 2. The van der Waals surface area contributed by atoms with E-state index >= 15 is 0 Å².